The first-order valence-electron chi connectivity index (χ1n) is 3.09. The van der Waals surface area contributed by atoms with E-state index in [0.29, 0.717) is 5.75 Å². The van der Waals surface area contributed by atoms with Crippen molar-refractivity contribution >= 4 is 17.5 Å². The van der Waals surface area contributed by atoms with E-state index in [4.69, 9.17) is 6.42 Å². The normalized spacial score (nSPS) is 10.6. The zero-order valence-corrected chi connectivity index (χ0v) is 7.42. The van der Waals surface area contributed by atoms with Crippen molar-refractivity contribution in [1.29, 1.82) is 0 Å². The van der Waals surface area contributed by atoms with Crippen molar-refractivity contribution in [3.63, 3.8) is 0 Å². The molecule has 0 aliphatic rings. The highest BCUT2D eigenvalue weighted by atomic mass is 32.2. The number of Topliss-reactive ketones (excluding diaryl/α,β-unsaturated/α-hetero) is 1. The molecule has 0 radical (unpaired) electrons. The van der Waals surface area contributed by atoms with Gasteiger partial charge in [-0.3, -0.25) is 4.79 Å². The van der Waals surface area contributed by atoms with E-state index in [9.17, 15) is 4.79 Å². The van der Waals surface area contributed by atoms with Crippen molar-refractivity contribution in [2.75, 3.05) is 5.75 Å². The summed E-state index contributed by atoms with van der Waals surface area (Å²) in [6, 6.07) is 0. The molecule has 0 unspecified atom stereocenters. The van der Waals surface area contributed by atoms with E-state index in [1.54, 1.807) is 11.8 Å². The molecule has 0 atom stereocenters. The minimum atomic E-state index is -0.125. The van der Waals surface area contributed by atoms with Crippen molar-refractivity contribution in [1.82, 2.24) is 0 Å². The fourth-order valence-electron chi connectivity index (χ4n) is 0.324. The standard InChI is InChI=1S/C8H12OS/c1-5-7(9)6-10-8(2,3)4/h1H,6H2,2-4H3. The van der Waals surface area contributed by atoms with Crippen LogP contribution >= 0.6 is 11.8 Å². The van der Waals surface area contributed by atoms with E-state index < -0.39 is 0 Å². The zero-order chi connectivity index (χ0) is 8.20. The van der Waals surface area contributed by atoms with Gasteiger partial charge in [-0.2, -0.15) is 0 Å². The molecule has 1 nitrogen and oxygen atoms in total. The summed E-state index contributed by atoms with van der Waals surface area (Å²) in [6.07, 6.45) is 4.89. The van der Waals surface area contributed by atoms with Gasteiger partial charge in [-0.1, -0.05) is 20.8 Å². The largest absolute Gasteiger partial charge is 0.284 e. The van der Waals surface area contributed by atoms with E-state index in [0.717, 1.165) is 0 Å². The molecule has 0 saturated carbocycles. The van der Waals surface area contributed by atoms with Gasteiger partial charge in [0.2, 0.25) is 5.78 Å². The molecule has 10 heavy (non-hydrogen) atoms. The van der Waals surface area contributed by atoms with Crippen molar-refractivity contribution in [2.45, 2.75) is 25.5 Å². The van der Waals surface area contributed by atoms with Crippen LogP contribution in [0.4, 0.5) is 0 Å². The lowest BCUT2D eigenvalue weighted by atomic mass is 10.3. The van der Waals surface area contributed by atoms with Gasteiger partial charge < -0.3 is 0 Å². The SMILES string of the molecule is C#CC(=O)CSC(C)(C)C. The van der Waals surface area contributed by atoms with Crippen molar-refractivity contribution in [3.8, 4) is 12.3 Å². The number of ketones is 1. The summed E-state index contributed by atoms with van der Waals surface area (Å²) in [4.78, 5) is 10.6. The summed E-state index contributed by atoms with van der Waals surface area (Å²) in [7, 11) is 0. The van der Waals surface area contributed by atoms with Crippen LogP contribution in [0, 0.1) is 12.3 Å². The van der Waals surface area contributed by atoms with Crippen LogP contribution in [0.3, 0.4) is 0 Å². The number of thioether (sulfide) groups is 1. The highest BCUT2D eigenvalue weighted by molar-refractivity contribution is 8.01. The van der Waals surface area contributed by atoms with E-state index in [1.165, 1.54) is 0 Å². The predicted octanol–water partition coefficient (Wildman–Crippen LogP) is 1.72. The van der Waals surface area contributed by atoms with Gasteiger partial charge in [0.05, 0.1) is 5.75 Å². The van der Waals surface area contributed by atoms with Crippen LogP contribution in [0.5, 0.6) is 0 Å². The Bertz CT molecular complexity index is 159. The average molecular weight is 156 g/mol. The van der Waals surface area contributed by atoms with Gasteiger partial charge >= 0.3 is 0 Å². The minimum absolute atomic E-state index is 0.125. The molecule has 2 heteroatoms. The van der Waals surface area contributed by atoms with Crippen molar-refractivity contribution < 1.29 is 4.79 Å². The van der Waals surface area contributed by atoms with Gasteiger partial charge in [0.15, 0.2) is 0 Å². The number of carbonyl (C=O) groups excluding carboxylic acids is 1. The molecule has 0 aromatic rings. The first-order valence-corrected chi connectivity index (χ1v) is 4.07. The molecular formula is C8H12OS. The lowest BCUT2D eigenvalue weighted by Gasteiger charge is -2.15. The Morgan fingerprint density at radius 1 is 1.60 bits per heavy atom. The first kappa shape index (κ1) is 9.58. The van der Waals surface area contributed by atoms with Crippen LogP contribution in [0.1, 0.15) is 20.8 Å². The van der Waals surface area contributed by atoms with Crippen LogP contribution in [-0.4, -0.2) is 16.3 Å². The summed E-state index contributed by atoms with van der Waals surface area (Å²) < 4.78 is 0.131. The van der Waals surface area contributed by atoms with E-state index in [-0.39, 0.29) is 10.5 Å². The summed E-state index contributed by atoms with van der Waals surface area (Å²) in [5.41, 5.74) is 0. The Morgan fingerprint density at radius 3 is 2.40 bits per heavy atom. The number of hydrogen-bond acceptors (Lipinski definition) is 2. The number of carbonyl (C=O) groups is 1. The molecule has 56 valence electrons. The summed E-state index contributed by atoms with van der Waals surface area (Å²) >= 11 is 1.57. The molecule has 0 N–H and O–H groups in total. The van der Waals surface area contributed by atoms with Crippen LogP contribution in [-0.2, 0) is 4.79 Å². The van der Waals surface area contributed by atoms with E-state index >= 15 is 0 Å². The Balaban J connectivity index is 3.58. The Labute approximate surface area is 66.6 Å². The van der Waals surface area contributed by atoms with Gasteiger partial charge in [-0.05, 0) is 5.92 Å². The van der Waals surface area contributed by atoms with E-state index in [2.05, 4.69) is 26.7 Å². The van der Waals surface area contributed by atoms with Crippen LogP contribution < -0.4 is 0 Å². The maximum absolute atomic E-state index is 10.6. The molecule has 0 spiro atoms. The topological polar surface area (TPSA) is 17.1 Å². The highest BCUT2D eigenvalue weighted by Crippen LogP contribution is 2.22. The van der Waals surface area contributed by atoms with Gasteiger partial charge in [0.1, 0.15) is 0 Å². The quantitative estimate of drug-likeness (QED) is 0.447. The molecular weight excluding hydrogens is 144 g/mol. The molecule has 0 aliphatic carbocycles. The van der Waals surface area contributed by atoms with Crippen LogP contribution in [0.2, 0.25) is 0 Å². The van der Waals surface area contributed by atoms with Gasteiger partial charge in [-0.15, -0.1) is 18.2 Å². The number of rotatable bonds is 2. The number of hydrogen-bond donors (Lipinski definition) is 0. The minimum Gasteiger partial charge on any atom is -0.284 e. The van der Waals surface area contributed by atoms with Crippen LogP contribution in [0.25, 0.3) is 0 Å². The van der Waals surface area contributed by atoms with E-state index in [1.807, 2.05) is 0 Å². The Morgan fingerprint density at radius 2 is 2.10 bits per heavy atom. The second kappa shape index (κ2) is 3.68. The van der Waals surface area contributed by atoms with Crippen molar-refractivity contribution in [3.05, 3.63) is 0 Å². The monoisotopic (exact) mass is 156 g/mol. The lowest BCUT2D eigenvalue weighted by molar-refractivity contribution is -0.111. The summed E-state index contributed by atoms with van der Waals surface area (Å²) in [5, 5.41) is 0. The third kappa shape index (κ3) is 5.71. The van der Waals surface area contributed by atoms with Crippen LogP contribution in [0.15, 0.2) is 0 Å². The third-order valence-electron chi connectivity index (χ3n) is 0.797. The molecule has 0 fully saturated rings. The second-order valence-corrected chi connectivity index (χ2v) is 4.77. The predicted molar refractivity (Wildman–Crippen MR) is 46.1 cm³/mol. The zero-order valence-electron chi connectivity index (χ0n) is 6.60. The fourth-order valence-corrected chi connectivity index (χ4v) is 0.971. The highest BCUT2D eigenvalue weighted by Gasteiger charge is 2.11. The molecule has 0 aromatic heterocycles. The number of terminal acetylenes is 1. The van der Waals surface area contributed by atoms with Gasteiger partial charge in [0, 0.05) is 4.75 Å². The fraction of sp³-hybridized carbons (Fsp3) is 0.625. The summed E-state index contributed by atoms with van der Waals surface area (Å²) in [5.74, 6) is 2.38. The third-order valence-corrected chi connectivity index (χ3v) is 2.07. The smallest absolute Gasteiger partial charge is 0.215 e. The lowest BCUT2D eigenvalue weighted by Crippen LogP contribution is -2.11. The second-order valence-electron chi connectivity index (χ2n) is 2.97. The average Bonchev–Trinajstić information content (AvgIpc) is 1.81. The molecule has 0 bridgehead atoms. The molecule has 0 saturated heterocycles. The summed E-state index contributed by atoms with van der Waals surface area (Å²) in [6.45, 7) is 6.17. The maximum atomic E-state index is 10.6. The van der Waals surface area contributed by atoms with Gasteiger partial charge in [-0.25, -0.2) is 0 Å². The Hall–Kier alpha value is -0.420. The van der Waals surface area contributed by atoms with Gasteiger partial charge in [0.25, 0.3) is 0 Å². The van der Waals surface area contributed by atoms with Crippen molar-refractivity contribution in [2.24, 2.45) is 0 Å². The first-order chi connectivity index (χ1) is 4.45. The molecule has 0 rings (SSSR count). The maximum Gasteiger partial charge on any atom is 0.215 e. The molecule has 0 heterocycles. The molecule has 0 amide bonds. The molecule has 0 aliphatic heterocycles. The molecule has 0 aromatic carbocycles. The Kier molecular flexibility index (Phi) is 3.52.